The van der Waals surface area contributed by atoms with E-state index in [0.29, 0.717) is 31.4 Å². The molecule has 1 N–H and O–H groups in total. The standard InChI is InChI=1S/C15H19F3O2/c1-13(2)10-14(19,7-8-20-13)9-11-3-5-12(6-4-11)15(16,17)18/h3-6,19H,7-10H2,1-2H3. The van der Waals surface area contributed by atoms with Gasteiger partial charge in [-0.15, -0.1) is 0 Å². The van der Waals surface area contributed by atoms with E-state index >= 15 is 0 Å². The molecule has 1 aliphatic heterocycles. The third kappa shape index (κ3) is 3.73. The summed E-state index contributed by atoms with van der Waals surface area (Å²) in [6.45, 7) is 4.28. The molecule has 2 rings (SSSR count). The quantitative estimate of drug-likeness (QED) is 0.901. The van der Waals surface area contributed by atoms with Crippen LogP contribution in [-0.2, 0) is 17.3 Å². The first-order valence-electron chi connectivity index (χ1n) is 6.62. The predicted molar refractivity (Wildman–Crippen MR) is 69.4 cm³/mol. The summed E-state index contributed by atoms with van der Waals surface area (Å²) >= 11 is 0. The molecule has 1 heterocycles. The van der Waals surface area contributed by atoms with Crippen LogP contribution in [0, 0.1) is 0 Å². The van der Waals surface area contributed by atoms with Gasteiger partial charge in [-0.3, -0.25) is 0 Å². The Hall–Kier alpha value is -1.07. The molecule has 0 aromatic heterocycles. The van der Waals surface area contributed by atoms with Crippen LogP contribution in [0.5, 0.6) is 0 Å². The van der Waals surface area contributed by atoms with Gasteiger partial charge in [-0.25, -0.2) is 0 Å². The molecule has 0 saturated carbocycles. The van der Waals surface area contributed by atoms with E-state index in [1.165, 1.54) is 12.1 Å². The monoisotopic (exact) mass is 288 g/mol. The molecule has 0 amide bonds. The van der Waals surface area contributed by atoms with Crippen molar-refractivity contribution < 1.29 is 23.0 Å². The molecule has 0 radical (unpaired) electrons. The Morgan fingerprint density at radius 2 is 1.80 bits per heavy atom. The molecule has 1 aliphatic rings. The first-order valence-corrected chi connectivity index (χ1v) is 6.62. The summed E-state index contributed by atoms with van der Waals surface area (Å²) in [6, 6.07) is 4.98. The van der Waals surface area contributed by atoms with E-state index in [2.05, 4.69) is 0 Å². The zero-order valence-corrected chi connectivity index (χ0v) is 11.6. The highest BCUT2D eigenvalue weighted by Gasteiger charge is 2.39. The molecule has 112 valence electrons. The molecule has 1 aromatic rings. The largest absolute Gasteiger partial charge is 0.416 e. The number of hydrogen-bond acceptors (Lipinski definition) is 2. The zero-order chi connectivity index (χ0) is 15.0. The molecule has 1 atom stereocenters. The maximum atomic E-state index is 12.5. The van der Waals surface area contributed by atoms with Crippen molar-refractivity contribution >= 4 is 0 Å². The maximum Gasteiger partial charge on any atom is 0.416 e. The Morgan fingerprint density at radius 1 is 1.20 bits per heavy atom. The summed E-state index contributed by atoms with van der Waals surface area (Å²) in [4.78, 5) is 0. The van der Waals surface area contributed by atoms with E-state index in [0.717, 1.165) is 12.1 Å². The number of rotatable bonds is 2. The van der Waals surface area contributed by atoms with Crippen molar-refractivity contribution in [2.45, 2.75) is 50.5 Å². The number of benzene rings is 1. The SMILES string of the molecule is CC1(C)CC(O)(Cc2ccc(C(F)(F)F)cc2)CCO1. The van der Waals surface area contributed by atoms with Crippen molar-refractivity contribution in [1.82, 2.24) is 0 Å². The second-order valence-corrected chi connectivity index (χ2v) is 6.13. The van der Waals surface area contributed by atoms with Crippen molar-refractivity contribution in [2.24, 2.45) is 0 Å². The minimum Gasteiger partial charge on any atom is -0.389 e. The van der Waals surface area contributed by atoms with Crippen LogP contribution < -0.4 is 0 Å². The maximum absolute atomic E-state index is 12.5. The average molecular weight is 288 g/mol. The van der Waals surface area contributed by atoms with Crippen molar-refractivity contribution in [2.75, 3.05) is 6.61 Å². The van der Waals surface area contributed by atoms with Crippen LogP contribution in [0.2, 0.25) is 0 Å². The van der Waals surface area contributed by atoms with Gasteiger partial charge in [-0.05, 0) is 38.0 Å². The highest BCUT2D eigenvalue weighted by atomic mass is 19.4. The number of alkyl halides is 3. The Labute approximate surface area is 116 Å². The normalized spacial score (nSPS) is 26.5. The van der Waals surface area contributed by atoms with Gasteiger partial charge >= 0.3 is 6.18 Å². The summed E-state index contributed by atoms with van der Waals surface area (Å²) in [5, 5.41) is 10.6. The van der Waals surface area contributed by atoms with Crippen molar-refractivity contribution in [3.8, 4) is 0 Å². The van der Waals surface area contributed by atoms with Gasteiger partial charge in [0.2, 0.25) is 0 Å². The van der Waals surface area contributed by atoms with Crippen molar-refractivity contribution in [3.05, 3.63) is 35.4 Å². The van der Waals surface area contributed by atoms with E-state index in [9.17, 15) is 18.3 Å². The second-order valence-electron chi connectivity index (χ2n) is 6.13. The van der Waals surface area contributed by atoms with Gasteiger partial charge < -0.3 is 9.84 Å². The van der Waals surface area contributed by atoms with Crippen LogP contribution in [0.4, 0.5) is 13.2 Å². The van der Waals surface area contributed by atoms with E-state index < -0.39 is 22.9 Å². The van der Waals surface area contributed by atoms with Crippen molar-refractivity contribution in [1.29, 1.82) is 0 Å². The molecule has 5 heteroatoms. The van der Waals surface area contributed by atoms with Crippen LogP contribution in [0.3, 0.4) is 0 Å². The smallest absolute Gasteiger partial charge is 0.389 e. The van der Waals surface area contributed by atoms with Crippen LogP contribution in [0.25, 0.3) is 0 Å². The van der Waals surface area contributed by atoms with Crippen molar-refractivity contribution in [3.63, 3.8) is 0 Å². The summed E-state index contributed by atoms with van der Waals surface area (Å²) in [6.07, 6.45) is -3.01. The first-order chi connectivity index (χ1) is 9.10. The second kappa shape index (κ2) is 5.04. The third-order valence-electron chi connectivity index (χ3n) is 3.63. The molecule has 1 unspecified atom stereocenters. The summed E-state index contributed by atoms with van der Waals surface area (Å²) < 4.78 is 43.0. The summed E-state index contributed by atoms with van der Waals surface area (Å²) in [7, 11) is 0. The fourth-order valence-electron chi connectivity index (χ4n) is 2.79. The Kier molecular flexibility index (Phi) is 3.86. The Morgan fingerprint density at radius 3 is 2.30 bits per heavy atom. The highest BCUT2D eigenvalue weighted by Crippen LogP contribution is 2.35. The van der Waals surface area contributed by atoms with Gasteiger partial charge in [0.1, 0.15) is 0 Å². The molecule has 0 spiro atoms. The first kappa shape index (κ1) is 15.3. The lowest BCUT2D eigenvalue weighted by atomic mass is 9.80. The zero-order valence-electron chi connectivity index (χ0n) is 11.6. The number of aliphatic hydroxyl groups is 1. The average Bonchev–Trinajstić information content (AvgIpc) is 2.25. The van der Waals surface area contributed by atoms with Crippen LogP contribution in [-0.4, -0.2) is 22.9 Å². The topological polar surface area (TPSA) is 29.5 Å². The lowest BCUT2D eigenvalue weighted by Crippen LogP contribution is -2.47. The van der Waals surface area contributed by atoms with Crippen LogP contribution in [0.1, 0.15) is 37.8 Å². The van der Waals surface area contributed by atoms with E-state index in [-0.39, 0.29) is 0 Å². The fraction of sp³-hybridized carbons (Fsp3) is 0.600. The minimum atomic E-state index is -4.32. The third-order valence-corrected chi connectivity index (χ3v) is 3.63. The molecule has 2 nitrogen and oxygen atoms in total. The number of ether oxygens (including phenoxy) is 1. The van der Waals surface area contributed by atoms with Crippen LogP contribution >= 0.6 is 0 Å². The highest BCUT2D eigenvalue weighted by molar-refractivity contribution is 5.26. The minimum absolute atomic E-state index is 0.345. The lowest BCUT2D eigenvalue weighted by molar-refractivity contribution is -0.143. The van der Waals surface area contributed by atoms with E-state index in [1.54, 1.807) is 0 Å². The Balaban J connectivity index is 2.10. The van der Waals surface area contributed by atoms with Gasteiger partial charge in [0.15, 0.2) is 0 Å². The van der Waals surface area contributed by atoms with Gasteiger partial charge in [0, 0.05) is 12.8 Å². The Bertz CT molecular complexity index is 465. The molecular weight excluding hydrogens is 269 g/mol. The van der Waals surface area contributed by atoms with Crippen LogP contribution in [0.15, 0.2) is 24.3 Å². The summed E-state index contributed by atoms with van der Waals surface area (Å²) in [5.74, 6) is 0. The molecule has 0 bridgehead atoms. The molecule has 1 aromatic carbocycles. The van der Waals surface area contributed by atoms with Gasteiger partial charge in [0.05, 0.1) is 23.4 Å². The summed E-state index contributed by atoms with van der Waals surface area (Å²) in [5.41, 5.74) is -1.28. The number of hydrogen-bond donors (Lipinski definition) is 1. The van der Waals surface area contributed by atoms with Gasteiger partial charge in [0.25, 0.3) is 0 Å². The van der Waals surface area contributed by atoms with E-state index in [1.807, 2.05) is 13.8 Å². The van der Waals surface area contributed by atoms with Gasteiger partial charge in [-0.1, -0.05) is 12.1 Å². The molecule has 0 aliphatic carbocycles. The molecular formula is C15H19F3O2. The van der Waals surface area contributed by atoms with Gasteiger partial charge in [-0.2, -0.15) is 13.2 Å². The lowest BCUT2D eigenvalue weighted by Gasteiger charge is -2.41. The number of halogens is 3. The predicted octanol–water partition coefficient (Wildman–Crippen LogP) is 3.57. The molecule has 20 heavy (non-hydrogen) atoms. The molecule has 1 fully saturated rings. The fourth-order valence-corrected chi connectivity index (χ4v) is 2.79. The molecule has 1 saturated heterocycles. The van der Waals surface area contributed by atoms with E-state index in [4.69, 9.17) is 4.74 Å².